The average molecular weight is 244 g/mol. The Morgan fingerprint density at radius 2 is 2.17 bits per heavy atom. The summed E-state index contributed by atoms with van der Waals surface area (Å²) in [5.41, 5.74) is 3.47. The highest BCUT2D eigenvalue weighted by Crippen LogP contribution is 2.32. The highest BCUT2D eigenvalue weighted by atomic mass is 15.1. The van der Waals surface area contributed by atoms with Crippen molar-refractivity contribution in [1.82, 2.24) is 5.32 Å². The molecular formula is C16H24N2. The lowest BCUT2D eigenvalue weighted by atomic mass is 9.81. The van der Waals surface area contributed by atoms with Crippen LogP contribution in [0.2, 0.25) is 0 Å². The van der Waals surface area contributed by atoms with E-state index in [-0.39, 0.29) is 0 Å². The van der Waals surface area contributed by atoms with E-state index in [1.807, 2.05) is 0 Å². The normalized spacial score (nSPS) is 27.9. The van der Waals surface area contributed by atoms with Crippen LogP contribution >= 0.6 is 0 Å². The number of fused-ring (bicyclic) bond motifs is 1. The second-order valence-electron chi connectivity index (χ2n) is 6.24. The highest BCUT2D eigenvalue weighted by Gasteiger charge is 2.30. The van der Waals surface area contributed by atoms with Gasteiger partial charge >= 0.3 is 0 Å². The molecule has 98 valence electrons. The molecule has 0 bridgehead atoms. The zero-order valence-electron chi connectivity index (χ0n) is 11.4. The summed E-state index contributed by atoms with van der Waals surface area (Å²) >= 11 is 0. The molecule has 2 nitrogen and oxygen atoms in total. The predicted octanol–water partition coefficient (Wildman–Crippen LogP) is 2.83. The number of para-hydroxylation sites is 1. The number of nitrogens with one attached hydrogen (secondary N) is 1. The molecule has 2 heteroatoms. The molecule has 0 spiro atoms. The van der Waals surface area contributed by atoms with Gasteiger partial charge in [-0.25, -0.2) is 0 Å². The van der Waals surface area contributed by atoms with Crippen molar-refractivity contribution in [2.24, 2.45) is 5.41 Å². The van der Waals surface area contributed by atoms with Gasteiger partial charge in [0, 0.05) is 25.3 Å². The van der Waals surface area contributed by atoms with Gasteiger partial charge in [0.2, 0.25) is 0 Å². The Bertz CT molecular complexity index is 407. The number of hydrogen-bond donors (Lipinski definition) is 1. The van der Waals surface area contributed by atoms with Gasteiger partial charge in [0.25, 0.3) is 0 Å². The molecule has 18 heavy (non-hydrogen) atoms. The number of benzene rings is 1. The molecule has 2 aliphatic heterocycles. The zero-order chi connectivity index (χ0) is 12.4. The third kappa shape index (κ3) is 2.39. The van der Waals surface area contributed by atoms with Crippen LogP contribution in [0.15, 0.2) is 24.3 Å². The fourth-order valence-electron chi connectivity index (χ4n) is 3.49. The Balaban J connectivity index is 1.77. The van der Waals surface area contributed by atoms with Gasteiger partial charge in [-0.15, -0.1) is 0 Å². The summed E-state index contributed by atoms with van der Waals surface area (Å²) in [6.07, 6.45) is 5.24. The van der Waals surface area contributed by atoms with E-state index in [1.54, 1.807) is 0 Å². The lowest BCUT2D eigenvalue weighted by Gasteiger charge is -2.41. The van der Waals surface area contributed by atoms with Gasteiger partial charge in [-0.1, -0.05) is 25.1 Å². The second kappa shape index (κ2) is 4.93. The molecular weight excluding hydrogens is 220 g/mol. The molecule has 1 atom stereocenters. The van der Waals surface area contributed by atoms with Crippen molar-refractivity contribution in [3.05, 3.63) is 29.8 Å². The van der Waals surface area contributed by atoms with Crippen molar-refractivity contribution in [2.75, 3.05) is 31.1 Å². The van der Waals surface area contributed by atoms with Gasteiger partial charge in [-0.3, -0.25) is 0 Å². The van der Waals surface area contributed by atoms with Gasteiger partial charge in [0.1, 0.15) is 0 Å². The minimum absolute atomic E-state index is 0.447. The Morgan fingerprint density at radius 3 is 3.00 bits per heavy atom. The fourth-order valence-corrected chi connectivity index (χ4v) is 3.49. The quantitative estimate of drug-likeness (QED) is 0.860. The summed E-state index contributed by atoms with van der Waals surface area (Å²) < 4.78 is 0. The van der Waals surface area contributed by atoms with Crippen molar-refractivity contribution in [3.8, 4) is 0 Å². The maximum atomic E-state index is 3.56. The average Bonchev–Trinajstić information content (AvgIpc) is 2.40. The third-order valence-corrected chi connectivity index (χ3v) is 4.46. The van der Waals surface area contributed by atoms with Crippen LogP contribution in [0.5, 0.6) is 0 Å². The molecule has 0 saturated carbocycles. The number of aryl methyl sites for hydroxylation is 1. The first-order valence-electron chi connectivity index (χ1n) is 7.30. The van der Waals surface area contributed by atoms with Gasteiger partial charge in [-0.2, -0.15) is 0 Å². The van der Waals surface area contributed by atoms with Crippen molar-refractivity contribution in [2.45, 2.75) is 32.6 Å². The topological polar surface area (TPSA) is 15.3 Å². The molecule has 0 radical (unpaired) electrons. The van der Waals surface area contributed by atoms with Crippen molar-refractivity contribution < 1.29 is 0 Å². The van der Waals surface area contributed by atoms with E-state index in [1.165, 1.54) is 63.1 Å². The summed E-state index contributed by atoms with van der Waals surface area (Å²) in [7, 11) is 0. The van der Waals surface area contributed by atoms with Gasteiger partial charge in [0.05, 0.1) is 0 Å². The zero-order valence-corrected chi connectivity index (χ0v) is 11.4. The molecule has 1 unspecified atom stereocenters. The van der Waals surface area contributed by atoms with Gasteiger partial charge in [0.15, 0.2) is 0 Å². The first kappa shape index (κ1) is 12.0. The molecule has 1 saturated heterocycles. The van der Waals surface area contributed by atoms with E-state index in [4.69, 9.17) is 0 Å². The lowest BCUT2D eigenvalue weighted by molar-refractivity contribution is 0.239. The molecule has 0 amide bonds. The third-order valence-electron chi connectivity index (χ3n) is 4.46. The van der Waals surface area contributed by atoms with Crippen LogP contribution in [0.4, 0.5) is 5.69 Å². The molecule has 0 aliphatic carbocycles. The maximum Gasteiger partial charge on any atom is 0.0398 e. The fraction of sp³-hybridized carbons (Fsp3) is 0.625. The Labute approximate surface area is 110 Å². The molecule has 1 aromatic carbocycles. The van der Waals surface area contributed by atoms with Crippen LogP contribution in [0.25, 0.3) is 0 Å². The van der Waals surface area contributed by atoms with Crippen LogP contribution in [0.1, 0.15) is 31.7 Å². The van der Waals surface area contributed by atoms with Crippen LogP contribution in [-0.2, 0) is 6.42 Å². The second-order valence-corrected chi connectivity index (χ2v) is 6.24. The summed E-state index contributed by atoms with van der Waals surface area (Å²) in [6.45, 7) is 7.25. The van der Waals surface area contributed by atoms with Gasteiger partial charge < -0.3 is 10.2 Å². The minimum atomic E-state index is 0.447. The number of anilines is 1. The highest BCUT2D eigenvalue weighted by molar-refractivity contribution is 5.55. The molecule has 0 aromatic heterocycles. The van der Waals surface area contributed by atoms with Crippen LogP contribution in [0.3, 0.4) is 0 Å². The Morgan fingerprint density at radius 1 is 1.28 bits per heavy atom. The number of nitrogens with zero attached hydrogens (tertiary/aromatic N) is 1. The standard InChI is InChI=1S/C16H24N2/c1-16(9-5-10-17-12-16)13-18-11-4-7-14-6-2-3-8-15(14)18/h2-3,6,8,17H,4-5,7,9-13H2,1H3. The van der Waals surface area contributed by atoms with Crippen molar-refractivity contribution in [1.29, 1.82) is 0 Å². The van der Waals surface area contributed by atoms with Crippen LogP contribution in [-0.4, -0.2) is 26.2 Å². The number of rotatable bonds is 2. The van der Waals surface area contributed by atoms with Crippen molar-refractivity contribution in [3.63, 3.8) is 0 Å². The Kier molecular flexibility index (Phi) is 3.29. The van der Waals surface area contributed by atoms with E-state index in [0.29, 0.717) is 5.41 Å². The van der Waals surface area contributed by atoms with Crippen molar-refractivity contribution >= 4 is 5.69 Å². The molecule has 2 heterocycles. The molecule has 2 aliphatic rings. The largest absolute Gasteiger partial charge is 0.371 e. The van der Waals surface area contributed by atoms with E-state index >= 15 is 0 Å². The summed E-state index contributed by atoms with van der Waals surface area (Å²) in [6, 6.07) is 8.95. The summed E-state index contributed by atoms with van der Waals surface area (Å²) in [5, 5.41) is 3.56. The predicted molar refractivity (Wildman–Crippen MR) is 77.2 cm³/mol. The smallest absolute Gasteiger partial charge is 0.0398 e. The van der Waals surface area contributed by atoms with Crippen LogP contribution < -0.4 is 10.2 Å². The Hall–Kier alpha value is -1.02. The SMILES string of the molecule is CC1(CN2CCCc3ccccc32)CCCNC1. The summed E-state index contributed by atoms with van der Waals surface area (Å²) in [4.78, 5) is 2.62. The maximum absolute atomic E-state index is 3.56. The minimum Gasteiger partial charge on any atom is -0.371 e. The molecule has 1 fully saturated rings. The summed E-state index contributed by atoms with van der Waals surface area (Å²) in [5.74, 6) is 0. The molecule has 1 aromatic rings. The monoisotopic (exact) mass is 244 g/mol. The first-order chi connectivity index (χ1) is 8.77. The molecule has 3 rings (SSSR count). The first-order valence-corrected chi connectivity index (χ1v) is 7.30. The number of hydrogen-bond acceptors (Lipinski definition) is 2. The van der Waals surface area contributed by atoms with E-state index in [0.717, 1.165) is 0 Å². The lowest BCUT2D eigenvalue weighted by Crippen LogP contribution is -2.47. The molecule has 1 N–H and O–H groups in total. The van der Waals surface area contributed by atoms with Crippen LogP contribution in [0, 0.1) is 5.41 Å². The van der Waals surface area contributed by atoms with E-state index in [9.17, 15) is 0 Å². The van der Waals surface area contributed by atoms with E-state index in [2.05, 4.69) is 41.4 Å². The van der Waals surface area contributed by atoms with Gasteiger partial charge in [-0.05, 0) is 49.3 Å². The number of piperidine rings is 1. The van der Waals surface area contributed by atoms with E-state index < -0.39 is 0 Å².